The third kappa shape index (κ3) is 2.60. The van der Waals surface area contributed by atoms with Gasteiger partial charge in [0, 0.05) is 11.6 Å². The fraction of sp³-hybridized carbons (Fsp3) is 0. The minimum absolute atomic E-state index is 0.131. The molecule has 0 fully saturated rings. The largest absolute Gasteiger partial charge is 0.255 e. The summed E-state index contributed by atoms with van der Waals surface area (Å²) >= 11 is 6.11. The molecule has 0 aliphatic heterocycles. The number of fused-ring (bicyclic) bond motifs is 1. The highest BCUT2D eigenvalue weighted by Crippen LogP contribution is 2.33. The second-order valence-electron chi connectivity index (χ2n) is 4.85. The van der Waals surface area contributed by atoms with Gasteiger partial charge in [0.05, 0.1) is 21.0 Å². The summed E-state index contributed by atoms with van der Waals surface area (Å²) in [5, 5.41) is 8.64. The van der Waals surface area contributed by atoms with Crippen LogP contribution >= 0.6 is 11.6 Å². The van der Waals surface area contributed by atoms with Crippen LogP contribution in [0.2, 0.25) is 5.02 Å². The molecule has 0 saturated heterocycles. The van der Waals surface area contributed by atoms with E-state index in [1.165, 1.54) is 12.1 Å². The van der Waals surface area contributed by atoms with Crippen LogP contribution in [-0.2, 0) is 9.84 Å². The first-order valence-corrected chi connectivity index (χ1v) is 8.39. The summed E-state index contributed by atoms with van der Waals surface area (Å²) in [6.07, 6.45) is 1.04. The van der Waals surface area contributed by atoms with Gasteiger partial charge < -0.3 is 0 Å². The first kappa shape index (κ1) is 16.3. The van der Waals surface area contributed by atoms with Crippen molar-refractivity contribution in [1.82, 2.24) is 4.98 Å². The van der Waals surface area contributed by atoms with Crippen LogP contribution in [0.4, 0.5) is 8.78 Å². The van der Waals surface area contributed by atoms with Gasteiger partial charge in [-0.1, -0.05) is 11.6 Å². The second-order valence-corrected chi connectivity index (χ2v) is 7.15. The van der Waals surface area contributed by atoms with Crippen LogP contribution in [0, 0.1) is 23.0 Å². The van der Waals surface area contributed by atoms with Crippen LogP contribution in [0.3, 0.4) is 0 Å². The zero-order valence-corrected chi connectivity index (χ0v) is 13.4. The van der Waals surface area contributed by atoms with Crippen molar-refractivity contribution in [2.75, 3.05) is 0 Å². The summed E-state index contributed by atoms with van der Waals surface area (Å²) in [4.78, 5) is 3.21. The molecule has 3 rings (SSSR count). The molecule has 120 valence electrons. The van der Waals surface area contributed by atoms with Gasteiger partial charge in [0.1, 0.15) is 22.6 Å². The fourth-order valence-corrected chi connectivity index (χ4v) is 3.98. The Bertz CT molecular complexity index is 1120. The Balaban J connectivity index is 2.24. The second kappa shape index (κ2) is 5.82. The number of halogens is 3. The standard InChI is InChI=1S/C16H7ClF2N2O2S/c17-16-12-5-10(18)2-4-14(12)21-8-15(16)24(22,23)11-3-1-9(7-20)13(19)6-11/h1-6,8H. The van der Waals surface area contributed by atoms with Crippen LogP contribution in [0.15, 0.2) is 52.4 Å². The molecule has 0 unspecified atom stereocenters. The van der Waals surface area contributed by atoms with Gasteiger partial charge in [-0.05, 0) is 36.4 Å². The Labute approximate surface area is 140 Å². The summed E-state index contributed by atoms with van der Waals surface area (Å²) in [6.45, 7) is 0. The lowest BCUT2D eigenvalue weighted by Crippen LogP contribution is -2.05. The minimum Gasteiger partial charge on any atom is -0.255 e. The van der Waals surface area contributed by atoms with Gasteiger partial charge in [-0.15, -0.1) is 0 Å². The van der Waals surface area contributed by atoms with Gasteiger partial charge in [0.15, 0.2) is 0 Å². The maximum absolute atomic E-state index is 13.7. The normalized spacial score (nSPS) is 11.4. The molecule has 0 aliphatic carbocycles. The SMILES string of the molecule is N#Cc1ccc(S(=O)(=O)c2cnc3ccc(F)cc3c2Cl)cc1F. The van der Waals surface area contributed by atoms with Crippen molar-refractivity contribution in [3.8, 4) is 6.07 Å². The van der Waals surface area contributed by atoms with Crippen molar-refractivity contribution < 1.29 is 17.2 Å². The molecule has 0 spiro atoms. The Morgan fingerprint density at radius 1 is 1.12 bits per heavy atom. The molecule has 24 heavy (non-hydrogen) atoms. The number of hydrogen-bond acceptors (Lipinski definition) is 4. The van der Waals surface area contributed by atoms with E-state index < -0.39 is 21.5 Å². The lowest BCUT2D eigenvalue weighted by Gasteiger charge is -2.09. The van der Waals surface area contributed by atoms with Crippen molar-refractivity contribution in [2.24, 2.45) is 0 Å². The Morgan fingerprint density at radius 3 is 2.54 bits per heavy atom. The van der Waals surface area contributed by atoms with Crippen LogP contribution in [-0.4, -0.2) is 13.4 Å². The van der Waals surface area contributed by atoms with E-state index in [1.807, 2.05) is 0 Å². The number of hydrogen-bond donors (Lipinski definition) is 0. The highest BCUT2D eigenvalue weighted by Gasteiger charge is 2.24. The van der Waals surface area contributed by atoms with Gasteiger partial charge in [0.2, 0.25) is 9.84 Å². The van der Waals surface area contributed by atoms with E-state index in [4.69, 9.17) is 16.9 Å². The van der Waals surface area contributed by atoms with Gasteiger partial charge in [-0.2, -0.15) is 5.26 Å². The van der Waals surface area contributed by atoms with Crippen molar-refractivity contribution in [3.63, 3.8) is 0 Å². The van der Waals surface area contributed by atoms with Gasteiger partial charge >= 0.3 is 0 Å². The third-order valence-corrected chi connectivity index (χ3v) is 5.68. The van der Waals surface area contributed by atoms with Crippen LogP contribution < -0.4 is 0 Å². The van der Waals surface area contributed by atoms with E-state index in [9.17, 15) is 17.2 Å². The topological polar surface area (TPSA) is 70.8 Å². The molecular weight excluding hydrogens is 358 g/mol. The average Bonchev–Trinajstić information content (AvgIpc) is 2.55. The van der Waals surface area contributed by atoms with Crippen LogP contribution in [0.1, 0.15) is 5.56 Å². The highest BCUT2D eigenvalue weighted by atomic mass is 35.5. The molecule has 0 aliphatic rings. The smallest absolute Gasteiger partial charge is 0.209 e. The summed E-state index contributed by atoms with van der Waals surface area (Å²) in [6, 6.07) is 8.12. The Kier molecular flexibility index (Phi) is 3.95. The molecule has 0 saturated carbocycles. The maximum atomic E-state index is 13.7. The number of benzene rings is 2. The number of pyridine rings is 1. The van der Waals surface area contributed by atoms with Crippen molar-refractivity contribution >= 4 is 32.3 Å². The molecular formula is C16H7ClF2N2O2S. The minimum atomic E-state index is -4.19. The summed E-state index contributed by atoms with van der Waals surface area (Å²) in [7, 11) is -4.19. The number of nitriles is 1. The molecule has 2 aromatic carbocycles. The van der Waals surface area contributed by atoms with Gasteiger partial charge in [-0.3, -0.25) is 4.98 Å². The van der Waals surface area contributed by atoms with E-state index in [1.54, 1.807) is 6.07 Å². The number of sulfone groups is 1. The predicted molar refractivity (Wildman–Crippen MR) is 83.3 cm³/mol. The quantitative estimate of drug-likeness (QED) is 0.692. The first-order chi connectivity index (χ1) is 11.3. The van der Waals surface area contributed by atoms with E-state index in [0.717, 1.165) is 30.5 Å². The van der Waals surface area contributed by atoms with Crippen molar-refractivity contribution in [1.29, 1.82) is 5.26 Å². The van der Waals surface area contributed by atoms with Crippen molar-refractivity contribution in [2.45, 2.75) is 9.79 Å². The molecule has 3 aromatic rings. The first-order valence-electron chi connectivity index (χ1n) is 6.53. The molecule has 0 radical (unpaired) electrons. The molecule has 0 N–H and O–H groups in total. The summed E-state index contributed by atoms with van der Waals surface area (Å²) < 4.78 is 52.4. The van der Waals surface area contributed by atoms with Gasteiger partial charge in [0.25, 0.3) is 0 Å². The predicted octanol–water partition coefficient (Wildman–Crippen LogP) is 3.87. The molecule has 0 amide bonds. The highest BCUT2D eigenvalue weighted by molar-refractivity contribution is 7.91. The average molecular weight is 365 g/mol. The Hall–Kier alpha value is -2.56. The third-order valence-electron chi connectivity index (χ3n) is 3.39. The lowest BCUT2D eigenvalue weighted by molar-refractivity contribution is 0.590. The summed E-state index contributed by atoms with van der Waals surface area (Å²) in [5.41, 5.74) is 0.0464. The molecule has 1 heterocycles. The zero-order valence-electron chi connectivity index (χ0n) is 11.8. The molecule has 0 atom stereocenters. The summed E-state index contributed by atoms with van der Waals surface area (Å²) in [5.74, 6) is -1.56. The van der Waals surface area contributed by atoms with E-state index in [2.05, 4.69) is 4.98 Å². The molecule has 8 heteroatoms. The van der Waals surface area contributed by atoms with Crippen molar-refractivity contribution in [3.05, 3.63) is 64.8 Å². The van der Waals surface area contributed by atoms with Gasteiger partial charge in [-0.25, -0.2) is 17.2 Å². The van der Waals surface area contributed by atoms with E-state index in [-0.39, 0.29) is 25.8 Å². The maximum Gasteiger partial charge on any atom is 0.209 e. The fourth-order valence-electron chi connectivity index (χ4n) is 2.18. The zero-order chi connectivity index (χ0) is 17.5. The molecule has 4 nitrogen and oxygen atoms in total. The van der Waals surface area contributed by atoms with E-state index >= 15 is 0 Å². The number of nitrogens with zero attached hydrogens (tertiary/aromatic N) is 2. The number of aromatic nitrogens is 1. The molecule has 0 bridgehead atoms. The lowest BCUT2D eigenvalue weighted by atomic mass is 10.2. The molecule has 1 aromatic heterocycles. The monoisotopic (exact) mass is 364 g/mol. The van der Waals surface area contributed by atoms with Crippen LogP contribution in [0.25, 0.3) is 10.9 Å². The number of rotatable bonds is 2. The van der Waals surface area contributed by atoms with Crippen LogP contribution in [0.5, 0.6) is 0 Å². The Morgan fingerprint density at radius 2 is 1.88 bits per heavy atom. The van der Waals surface area contributed by atoms with E-state index in [0.29, 0.717) is 5.52 Å².